The van der Waals surface area contributed by atoms with Crippen molar-refractivity contribution in [2.75, 3.05) is 13.7 Å². The molecule has 0 saturated heterocycles. The van der Waals surface area contributed by atoms with Gasteiger partial charge in [0.25, 0.3) is 0 Å². The van der Waals surface area contributed by atoms with Gasteiger partial charge in [-0.15, -0.1) is 0 Å². The molecule has 0 radical (unpaired) electrons. The van der Waals surface area contributed by atoms with Crippen LogP contribution in [0.3, 0.4) is 0 Å². The predicted molar refractivity (Wildman–Crippen MR) is 64.2 cm³/mol. The molecule has 0 bridgehead atoms. The maximum atomic E-state index is 11.2. The molecular formula is C11H13NO3S. The maximum Gasteiger partial charge on any atom is 0.407 e. The summed E-state index contributed by atoms with van der Waals surface area (Å²) in [5, 5.41) is 2.79. The van der Waals surface area contributed by atoms with Gasteiger partial charge in [-0.25, -0.2) is 4.79 Å². The van der Waals surface area contributed by atoms with Crippen LogP contribution in [0.5, 0.6) is 0 Å². The second-order valence-electron chi connectivity index (χ2n) is 2.99. The Morgan fingerprint density at radius 3 is 2.69 bits per heavy atom. The number of ether oxygens (including phenoxy) is 2. The minimum Gasteiger partial charge on any atom is -0.488 e. The number of methoxy groups -OCH3 is 1. The van der Waals surface area contributed by atoms with E-state index in [9.17, 15) is 4.79 Å². The van der Waals surface area contributed by atoms with Crippen LogP contribution in [0, 0.1) is 0 Å². The molecule has 0 aromatic heterocycles. The number of hydrogen-bond donors (Lipinski definition) is 1. The van der Waals surface area contributed by atoms with Gasteiger partial charge < -0.3 is 14.8 Å². The molecule has 0 aliphatic heterocycles. The number of nitrogens with one attached hydrogen (secondary N) is 1. The molecule has 1 N–H and O–H groups in total. The van der Waals surface area contributed by atoms with Crippen molar-refractivity contribution in [3.8, 4) is 0 Å². The Bertz CT molecular complexity index is 354. The Kier molecular flexibility index (Phi) is 5.28. The molecule has 1 rings (SSSR count). The van der Waals surface area contributed by atoms with Gasteiger partial charge in [0.15, 0.2) is 5.05 Å². The molecule has 0 spiro atoms. The van der Waals surface area contributed by atoms with Crippen molar-refractivity contribution in [2.24, 2.45) is 0 Å². The normalized spacial score (nSPS) is 9.31. The summed E-state index contributed by atoms with van der Waals surface area (Å²) in [6.45, 7) is 0.422. The van der Waals surface area contributed by atoms with Crippen LogP contribution in [0.15, 0.2) is 30.3 Å². The van der Waals surface area contributed by atoms with Gasteiger partial charge in [0, 0.05) is 0 Å². The van der Waals surface area contributed by atoms with Gasteiger partial charge in [0.2, 0.25) is 0 Å². The van der Waals surface area contributed by atoms with Gasteiger partial charge in [0.05, 0.1) is 13.7 Å². The highest BCUT2D eigenvalue weighted by Crippen LogP contribution is 2.00. The number of carbonyl (C=O) groups excluding carboxylic acids is 1. The van der Waals surface area contributed by atoms with Crippen molar-refractivity contribution >= 4 is 23.4 Å². The Morgan fingerprint density at radius 2 is 2.06 bits per heavy atom. The molecular weight excluding hydrogens is 226 g/mol. The van der Waals surface area contributed by atoms with Crippen molar-refractivity contribution in [1.29, 1.82) is 0 Å². The Morgan fingerprint density at radius 1 is 1.38 bits per heavy atom. The lowest BCUT2D eigenvalue weighted by Gasteiger charge is -2.06. The van der Waals surface area contributed by atoms with Gasteiger partial charge in [-0.05, 0) is 17.8 Å². The summed E-state index contributed by atoms with van der Waals surface area (Å²) in [5.74, 6) is 0. The van der Waals surface area contributed by atoms with Crippen molar-refractivity contribution in [2.45, 2.75) is 6.61 Å². The molecule has 1 aromatic rings. The smallest absolute Gasteiger partial charge is 0.407 e. The van der Waals surface area contributed by atoms with Crippen LogP contribution >= 0.6 is 12.2 Å². The number of amides is 1. The van der Waals surface area contributed by atoms with Gasteiger partial charge in [-0.3, -0.25) is 0 Å². The average molecular weight is 239 g/mol. The fourth-order valence-electron chi connectivity index (χ4n) is 0.991. The highest BCUT2D eigenvalue weighted by atomic mass is 32.1. The second-order valence-corrected chi connectivity index (χ2v) is 3.45. The lowest BCUT2D eigenvalue weighted by atomic mass is 10.2. The van der Waals surface area contributed by atoms with E-state index in [0.717, 1.165) is 5.56 Å². The van der Waals surface area contributed by atoms with E-state index in [0.29, 0.717) is 5.05 Å². The minimum absolute atomic E-state index is 0.180. The SMILES string of the molecule is COC(=S)CNC(=O)OCc1ccccc1. The Balaban J connectivity index is 2.23. The summed E-state index contributed by atoms with van der Waals surface area (Å²) in [5.41, 5.74) is 0.937. The van der Waals surface area contributed by atoms with Crippen LogP contribution in [-0.4, -0.2) is 24.8 Å². The van der Waals surface area contributed by atoms with E-state index in [1.165, 1.54) is 7.11 Å². The summed E-state index contributed by atoms with van der Waals surface area (Å²) in [6, 6.07) is 9.44. The molecule has 86 valence electrons. The van der Waals surface area contributed by atoms with Crippen LogP contribution in [-0.2, 0) is 16.1 Å². The molecule has 4 nitrogen and oxygen atoms in total. The van der Waals surface area contributed by atoms with Crippen molar-refractivity contribution in [3.63, 3.8) is 0 Å². The summed E-state index contributed by atoms with van der Waals surface area (Å²) in [6.07, 6.45) is -0.511. The zero-order chi connectivity index (χ0) is 11.8. The van der Waals surface area contributed by atoms with Gasteiger partial charge in [-0.2, -0.15) is 0 Å². The van der Waals surface area contributed by atoms with Crippen LogP contribution in [0.2, 0.25) is 0 Å². The number of carbonyl (C=O) groups is 1. The van der Waals surface area contributed by atoms with Crippen LogP contribution in [0.1, 0.15) is 5.56 Å². The number of alkyl carbamates (subject to hydrolysis) is 1. The topological polar surface area (TPSA) is 47.6 Å². The average Bonchev–Trinajstić information content (AvgIpc) is 2.34. The monoisotopic (exact) mass is 239 g/mol. The summed E-state index contributed by atoms with van der Waals surface area (Å²) in [7, 11) is 1.46. The van der Waals surface area contributed by atoms with Gasteiger partial charge >= 0.3 is 6.09 Å². The van der Waals surface area contributed by atoms with Gasteiger partial charge in [-0.1, -0.05) is 30.3 Å². The van der Waals surface area contributed by atoms with Crippen LogP contribution < -0.4 is 5.32 Å². The largest absolute Gasteiger partial charge is 0.488 e. The molecule has 0 aliphatic rings. The first kappa shape index (κ1) is 12.4. The number of thiocarbonyl (C=S) groups is 1. The third-order valence-electron chi connectivity index (χ3n) is 1.82. The van der Waals surface area contributed by atoms with Gasteiger partial charge in [0.1, 0.15) is 6.61 Å². The summed E-state index contributed by atoms with van der Waals surface area (Å²) in [4.78, 5) is 11.2. The molecule has 0 saturated carbocycles. The van der Waals surface area contributed by atoms with E-state index in [1.807, 2.05) is 30.3 Å². The third kappa shape index (κ3) is 4.75. The van der Waals surface area contributed by atoms with Crippen LogP contribution in [0.25, 0.3) is 0 Å². The Labute approximate surface area is 99.6 Å². The van der Waals surface area contributed by atoms with Crippen molar-refractivity contribution in [3.05, 3.63) is 35.9 Å². The fraction of sp³-hybridized carbons (Fsp3) is 0.273. The van der Waals surface area contributed by atoms with E-state index in [4.69, 9.17) is 21.7 Å². The number of hydrogen-bond acceptors (Lipinski definition) is 4. The first-order valence-corrected chi connectivity index (χ1v) is 5.14. The number of rotatable bonds is 4. The summed E-state index contributed by atoms with van der Waals surface area (Å²) >= 11 is 4.76. The molecule has 0 heterocycles. The minimum atomic E-state index is -0.511. The first-order chi connectivity index (χ1) is 7.72. The van der Waals surface area contributed by atoms with Crippen molar-refractivity contribution < 1.29 is 14.3 Å². The first-order valence-electron chi connectivity index (χ1n) is 4.73. The summed E-state index contributed by atoms with van der Waals surface area (Å²) < 4.78 is 9.68. The molecule has 0 atom stereocenters. The fourth-order valence-corrected chi connectivity index (χ4v) is 1.06. The molecule has 1 aromatic carbocycles. The van der Waals surface area contributed by atoms with Crippen LogP contribution in [0.4, 0.5) is 4.79 Å². The number of benzene rings is 1. The predicted octanol–water partition coefficient (Wildman–Crippen LogP) is 1.89. The van der Waals surface area contributed by atoms with E-state index in [-0.39, 0.29) is 13.2 Å². The standard InChI is InChI=1S/C11H13NO3S/c1-14-10(16)7-12-11(13)15-8-9-5-3-2-4-6-9/h2-6H,7-8H2,1H3,(H,12,13). The van der Waals surface area contributed by atoms with E-state index < -0.39 is 6.09 Å². The quantitative estimate of drug-likeness (QED) is 0.815. The zero-order valence-electron chi connectivity index (χ0n) is 8.93. The van der Waals surface area contributed by atoms with E-state index >= 15 is 0 Å². The molecule has 0 fully saturated rings. The van der Waals surface area contributed by atoms with Crippen molar-refractivity contribution in [1.82, 2.24) is 5.32 Å². The third-order valence-corrected chi connectivity index (χ3v) is 2.13. The lowest BCUT2D eigenvalue weighted by Crippen LogP contribution is -2.29. The highest BCUT2D eigenvalue weighted by molar-refractivity contribution is 7.80. The second kappa shape index (κ2) is 6.79. The van der Waals surface area contributed by atoms with E-state index in [1.54, 1.807) is 0 Å². The maximum absolute atomic E-state index is 11.2. The Hall–Kier alpha value is -1.62. The molecule has 1 amide bonds. The van der Waals surface area contributed by atoms with E-state index in [2.05, 4.69) is 5.32 Å². The molecule has 5 heteroatoms. The zero-order valence-corrected chi connectivity index (χ0v) is 9.75. The molecule has 16 heavy (non-hydrogen) atoms. The molecule has 0 unspecified atom stereocenters. The highest BCUT2D eigenvalue weighted by Gasteiger charge is 2.03. The molecule has 0 aliphatic carbocycles. The lowest BCUT2D eigenvalue weighted by molar-refractivity contribution is 0.140.